The fourth-order valence-electron chi connectivity index (χ4n) is 2.62. The smallest absolute Gasteiger partial charge is 0.337 e. The summed E-state index contributed by atoms with van der Waals surface area (Å²) in [6, 6.07) is 1.15. The molecular formula is C13H15F2N3O5S. The summed E-state index contributed by atoms with van der Waals surface area (Å²) in [5.41, 5.74) is -0.192. The van der Waals surface area contributed by atoms with Crippen molar-refractivity contribution in [2.75, 3.05) is 30.5 Å². The summed E-state index contributed by atoms with van der Waals surface area (Å²) in [6.45, 7) is -0.606. The van der Waals surface area contributed by atoms with Crippen molar-refractivity contribution in [2.45, 2.75) is 18.8 Å². The standard InChI is InChI=1S/C13H15F2N3O5S/c14-13(15)1-3-17(4-2-13)24(21,22)18-5-6-23-11-10(18)7-9(8-16-11)12(19)20/h7-8H,1-6H2,(H,19,20). The van der Waals surface area contributed by atoms with Crippen molar-refractivity contribution in [3.8, 4) is 5.88 Å². The Kier molecular flexibility index (Phi) is 4.08. The number of alkyl halides is 2. The van der Waals surface area contributed by atoms with Crippen molar-refractivity contribution in [3.63, 3.8) is 0 Å². The van der Waals surface area contributed by atoms with Crippen LogP contribution in [0.5, 0.6) is 5.88 Å². The Bertz CT molecular complexity index is 761. The molecule has 132 valence electrons. The minimum atomic E-state index is -4.07. The third-order valence-electron chi connectivity index (χ3n) is 3.94. The summed E-state index contributed by atoms with van der Waals surface area (Å²) in [5, 5.41) is 9.04. The van der Waals surface area contributed by atoms with Gasteiger partial charge < -0.3 is 9.84 Å². The van der Waals surface area contributed by atoms with Crippen LogP contribution < -0.4 is 9.04 Å². The van der Waals surface area contributed by atoms with Crippen molar-refractivity contribution < 1.29 is 31.8 Å². The molecule has 0 aliphatic carbocycles. The molecule has 1 aromatic heterocycles. The van der Waals surface area contributed by atoms with Gasteiger partial charge in [0.05, 0.1) is 12.1 Å². The number of fused-ring (bicyclic) bond motifs is 1. The lowest BCUT2D eigenvalue weighted by atomic mass is 10.1. The number of hydrogen-bond acceptors (Lipinski definition) is 5. The predicted molar refractivity (Wildman–Crippen MR) is 78.7 cm³/mol. The molecule has 0 saturated carbocycles. The van der Waals surface area contributed by atoms with Crippen LogP contribution >= 0.6 is 0 Å². The van der Waals surface area contributed by atoms with E-state index in [1.165, 1.54) is 0 Å². The van der Waals surface area contributed by atoms with Crippen LogP contribution in [0.15, 0.2) is 12.3 Å². The van der Waals surface area contributed by atoms with E-state index in [2.05, 4.69) is 4.98 Å². The molecule has 3 heterocycles. The molecule has 0 amide bonds. The van der Waals surface area contributed by atoms with Gasteiger partial charge >= 0.3 is 16.2 Å². The summed E-state index contributed by atoms with van der Waals surface area (Å²) in [7, 11) is -4.07. The minimum absolute atomic E-state index is 0.00140. The first-order valence-electron chi connectivity index (χ1n) is 7.22. The van der Waals surface area contributed by atoms with Crippen LogP contribution in [0.1, 0.15) is 23.2 Å². The maximum absolute atomic E-state index is 13.3. The van der Waals surface area contributed by atoms with Gasteiger partial charge in [0.15, 0.2) is 0 Å². The van der Waals surface area contributed by atoms with E-state index >= 15 is 0 Å². The highest BCUT2D eigenvalue weighted by atomic mass is 32.2. The average molecular weight is 363 g/mol. The molecule has 1 saturated heterocycles. The van der Waals surface area contributed by atoms with E-state index in [1.807, 2.05) is 0 Å². The molecule has 8 nitrogen and oxygen atoms in total. The summed E-state index contributed by atoms with van der Waals surface area (Å²) in [4.78, 5) is 14.9. The van der Waals surface area contributed by atoms with E-state index in [0.29, 0.717) is 0 Å². The quantitative estimate of drug-likeness (QED) is 0.858. The fourth-order valence-corrected chi connectivity index (χ4v) is 4.22. The van der Waals surface area contributed by atoms with Crippen LogP contribution in [0.4, 0.5) is 14.5 Å². The molecule has 0 spiro atoms. The second-order valence-electron chi connectivity index (χ2n) is 5.54. The lowest BCUT2D eigenvalue weighted by Gasteiger charge is -2.37. The van der Waals surface area contributed by atoms with Crippen LogP contribution in [0.2, 0.25) is 0 Å². The van der Waals surface area contributed by atoms with Gasteiger partial charge in [0, 0.05) is 32.1 Å². The summed E-state index contributed by atoms with van der Waals surface area (Å²) >= 11 is 0. The topological polar surface area (TPSA) is 100 Å². The van der Waals surface area contributed by atoms with Crippen molar-refractivity contribution >= 4 is 21.9 Å². The SMILES string of the molecule is O=C(O)c1cnc2c(c1)N(S(=O)(=O)N1CCC(F)(F)CC1)CCO2. The van der Waals surface area contributed by atoms with Gasteiger partial charge in [-0.3, -0.25) is 0 Å². The largest absolute Gasteiger partial charge is 0.478 e. The molecule has 0 atom stereocenters. The number of piperidine rings is 1. The Labute approximate surface area is 136 Å². The minimum Gasteiger partial charge on any atom is -0.478 e. The van der Waals surface area contributed by atoms with Crippen molar-refractivity contribution in [3.05, 3.63) is 17.8 Å². The second-order valence-corrected chi connectivity index (χ2v) is 7.39. The predicted octanol–water partition coefficient (Wildman–Crippen LogP) is 0.955. The molecular weight excluding hydrogens is 348 g/mol. The number of hydrogen-bond donors (Lipinski definition) is 1. The highest BCUT2D eigenvalue weighted by molar-refractivity contribution is 7.90. The normalized spacial score (nSPS) is 21.0. The zero-order valence-electron chi connectivity index (χ0n) is 12.5. The molecule has 11 heteroatoms. The molecule has 0 radical (unpaired) electrons. The van der Waals surface area contributed by atoms with Crippen molar-refractivity contribution in [1.29, 1.82) is 0 Å². The van der Waals surface area contributed by atoms with E-state index in [9.17, 15) is 22.0 Å². The summed E-state index contributed by atoms with van der Waals surface area (Å²) < 4.78 is 59.3. The first kappa shape index (κ1) is 16.8. The van der Waals surface area contributed by atoms with E-state index in [0.717, 1.165) is 20.9 Å². The Hall–Kier alpha value is -2.01. The van der Waals surface area contributed by atoms with E-state index in [-0.39, 0.29) is 43.4 Å². The van der Waals surface area contributed by atoms with Gasteiger partial charge in [-0.2, -0.15) is 12.7 Å². The van der Waals surface area contributed by atoms with Crippen LogP contribution in [0.25, 0.3) is 0 Å². The highest BCUT2D eigenvalue weighted by Crippen LogP contribution is 2.35. The zero-order valence-corrected chi connectivity index (χ0v) is 13.3. The van der Waals surface area contributed by atoms with E-state index in [4.69, 9.17) is 9.84 Å². The Morgan fingerprint density at radius 1 is 1.29 bits per heavy atom. The first-order valence-corrected chi connectivity index (χ1v) is 8.62. The molecule has 24 heavy (non-hydrogen) atoms. The molecule has 2 aliphatic heterocycles. The number of aromatic carboxylic acids is 1. The third kappa shape index (κ3) is 3.00. The zero-order chi connectivity index (χ0) is 17.5. The molecule has 0 bridgehead atoms. The highest BCUT2D eigenvalue weighted by Gasteiger charge is 2.41. The summed E-state index contributed by atoms with van der Waals surface area (Å²) in [5.74, 6) is -4.13. The van der Waals surface area contributed by atoms with E-state index < -0.39 is 34.9 Å². The number of carboxylic acids is 1. The Balaban J connectivity index is 1.93. The number of nitrogens with zero attached hydrogens (tertiary/aromatic N) is 3. The molecule has 2 aliphatic rings. The molecule has 0 aromatic carbocycles. The second kappa shape index (κ2) is 5.81. The van der Waals surface area contributed by atoms with Crippen molar-refractivity contribution in [2.24, 2.45) is 0 Å². The summed E-state index contributed by atoms with van der Waals surface area (Å²) in [6.07, 6.45) is -0.0214. The van der Waals surface area contributed by atoms with Gasteiger partial charge in [-0.25, -0.2) is 22.9 Å². The van der Waals surface area contributed by atoms with Crippen molar-refractivity contribution in [1.82, 2.24) is 9.29 Å². The van der Waals surface area contributed by atoms with Crippen LogP contribution in [0, 0.1) is 0 Å². The van der Waals surface area contributed by atoms with Crippen LogP contribution in [-0.4, -0.2) is 60.9 Å². The number of carbonyl (C=O) groups is 1. The lowest BCUT2D eigenvalue weighted by Crippen LogP contribution is -2.51. The maximum atomic E-state index is 13.3. The van der Waals surface area contributed by atoms with Gasteiger partial charge in [0.1, 0.15) is 12.3 Å². The maximum Gasteiger partial charge on any atom is 0.337 e. The molecule has 0 unspecified atom stereocenters. The van der Waals surface area contributed by atoms with Gasteiger partial charge in [-0.1, -0.05) is 0 Å². The number of ether oxygens (including phenoxy) is 1. The van der Waals surface area contributed by atoms with Gasteiger partial charge in [-0.05, 0) is 6.07 Å². The van der Waals surface area contributed by atoms with Gasteiger partial charge in [0.2, 0.25) is 5.88 Å². The van der Waals surface area contributed by atoms with Gasteiger partial charge in [0.25, 0.3) is 5.92 Å². The average Bonchev–Trinajstić information content (AvgIpc) is 2.53. The third-order valence-corrected chi connectivity index (χ3v) is 5.89. The molecule has 3 rings (SSSR count). The number of halogens is 2. The van der Waals surface area contributed by atoms with E-state index in [1.54, 1.807) is 0 Å². The Morgan fingerprint density at radius 3 is 2.58 bits per heavy atom. The molecule has 1 fully saturated rings. The Morgan fingerprint density at radius 2 is 1.96 bits per heavy atom. The molecule has 1 aromatic rings. The number of aromatic nitrogens is 1. The fraction of sp³-hybridized carbons (Fsp3) is 0.538. The number of carboxylic acid groups (broad SMARTS) is 1. The number of rotatable bonds is 3. The monoisotopic (exact) mass is 363 g/mol. The number of pyridine rings is 1. The molecule has 1 N–H and O–H groups in total. The van der Waals surface area contributed by atoms with Gasteiger partial charge in [-0.15, -0.1) is 0 Å². The number of anilines is 1. The first-order chi connectivity index (χ1) is 11.2. The lowest BCUT2D eigenvalue weighted by molar-refractivity contribution is -0.0412. The van der Waals surface area contributed by atoms with Crippen LogP contribution in [-0.2, 0) is 10.2 Å². The van der Waals surface area contributed by atoms with Crippen LogP contribution in [0.3, 0.4) is 0 Å².